The van der Waals surface area contributed by atoms with Crippen LogP contribution >= 0.6 is 0 Å². The lowest BCUT2D eigenvalue weighted by atomic mass is 10.1. The van der Waals surface area contributed by atoms with Crippen molar-refractivity contribution in [3.05, 3.63) is 66.2 Å². The van der Waals surface area contributed by atoms with Crippen LogP contribution in [0.15, 0.2) is 60.7 Å². The van der Waals surface area contributed by atoms with E-state index in [1.54, 1.807) is 55.5 Å². The van der Waals surface area contributed by atoms with Gasteiger partial charge in [-0.3, -0.25) is 0 Å². The van der Waals surface area contributed by atoms with Crippen LogP contribution in [0.3, 0.4) is 0 Å². The summed E-state index contributed by atoms with van der Waals surface area (Å²) in [7, 11) is 0. The number of anilines is 2. The number of ether oxygens (including phenoxy) is 5. The normalized spacial score (nSPS) is 12.3. The maximum atomic E-state index is 12.1. The fourth-order valence-electron chi connectivity index (χ4n) is 4.50. The zero-order valence-corrected chi connectivity index (χ0v) is 28.4. The highest BCUT2D eigenvalue weighted by Gasteiger charge is 2.18. The molecular formula is C36H44N4O10. The Hall–Kier alpha value is -5.02. The lowest BCUT2D eigenvalue weighted by molar-refractivity contribution is 0.0123. The van der Waals surface area contributed by atoms with Gasteiger partial charge in [0, 0.05) is 31.0 Å². The monoisotopic (exact) mass is 692 g/mol. The minimum atomic E-state index is -0.844. The molecule has 4 aromatic rings. The number of hydrogen-bond acceptors (Lipinski definition) is 14. The summed E-state index contributed by atoms with van der Waals surface area (Å²) in [6.45, 7) is 7.17. The van der Waals surface area contributed by atoms with Crippen molar-refractivity contribution in [1.29, 1.82) is 0 Å². The number of aromatic hydroxyl groups is 2. The van der Waals surface area contributed by atoms with Crippen molar-refractivity contribution in [2.24, 2.45) is 0 Å². The summed E-state index contributed by atoms with van der Waals surface area (Å²) in [5, 5.41) is 45.3. The van der Waals surface area contributed by atoms with E-state index in [4.69, 9.17) is 23.7 Å². The first-order valence-electron chi connectivity index (χ1n) is 16.4. The summed E-state index contributed by atoms with van der Waals surface area (Å²) in [6, 6.07) is 15.6. The van der Waals surface area contributed by atoms with E-state index in [1.165, 1.54) is 12.1 Å². The summed E-state index contributed by atoms with van der Waals surface area (Å²) < 4.78 is 27.0. The molecule has 0 radical (unpaired) electrons. The molecule has 0 spiro atoms. The molecule has 2 unspecified atom stereocenters. The van der Waals surface area contributed by atoms with Crippen molar-refractivity contribution in [3.8, 4) is 45.8 Å². The Kier molecular flexibility index (Phi) is 14.5. The number of esters is 1. The highest BCUT2D eigenvalue weighted by Crippen LogP contribution is 2.35. The third-order valence-corrected chi connectivity index (χ3v) is 6.91. The van der Waals surface area contributed by atoms with Crippen LogP contribution < -0.4 is 14.8 Å². The Labute approximate surface area is 290 Å². The van der Waals surface area contributed by atoms with Crippen molar-refractivity contribution in [2.45, 2.75) is 45.8 Å². The Balaban J connectivity index is 1.60. The van der Waals surface area contributed by atoms with E-state index in [1.807, 2.05) is 13.8 Å². The molecule has 1 heterocycles. The molecule has 3 aromatic carbocycles. The molecule has 5 N–H and O–H groups in total. The molecule has 50 heavy (non-hydrogen) atoms. The first kappa shape index (κ1) is 37.8. The number of nitrogens with zero attached hydrogens (tertiary/aromatic N) is 3. The molecule has 1 aromatic heterocycles. The first-order chi connectivity index (χ1) is 24.2. The number of carbonyl (C=O) groups is 1. The molecule has 0 aliphatic rings. The zero-order chi connectivity index (χ0) is 35.9. The standard InChI is InChI=1S/C36H44N4O10/c1-4-15-46-19-25(41)21-49-27-11-13-29(31(43)17-27)33-38-34(30-14-12-28(18-32(30)44)50-22-26(42)20-47-16-5-2)40-36(39-33)37-24-9-7-23(8-10-24)35(45)48-6-3/h7-14,17-18,25-26,41-44H,4-6,15-16,19-22H2,1-3H3,(H,37,38,39,40). The van der Waals surface area contributed by atoms with Crippen LogP contribution in [-0.4, -0.2) is 99.8 Å². The van der Waals surface area contributed by atoms with Crippen LogP contribution in [0.1, 0.15) is 44.0 Å². The predicted molar refractivity (Wildman–Crippen MR) is 185 cm³/mol. The summed E-state index contributed by atoms with van der Waals surface area (Å²) in [4.78, 5) is 25.7. The van der Waals surface area contributed by atoms with Crippen molar-refractivity contribution in [1.82, 2.24) is 15.0 Å². The third-order valence-electron chi connectivity index (χ3n) is 6.91. The van der Waals surface area contributed by atoms with Crippen molar-refractivity contribution in [2.75, 3.05) is 51.6 Å². The first-order valence-corrected chi connectivity index (χ1v) is 16.4. The second kappa shape index (κ2) is 19.2. The second-order valence-corrected chi connectivity index (χ2v) is 11.2. The molecule has 0 aliphatic heterocycles. The molecule has 14 heteroatoms. The van der Waals surface area contributed by atoms with Gasteiger partial charge in [-0.15, -0.1) is 0 Å². The van der Waals surface area contributed by atoms with Crippen LogP contribution in [0.5, 0.6) is 23.0 Å². The van der Waals surface area contributed by atoms with Crippen molar-refractivity contribution in [3.63, 3.8) is 0 Å². The minimum absolute atomic E-state index is 0.0357. The lowest BCUT2D eigenvalue weighted by Crippen LogP contribution is -2.23. The van der Waals surface area contributed by atoms with E-state index in [-0.39, 0.29) is 73.3 Å². The number of phenols is 2. The average molecular weight is 693 g/mol. The molecule has 14 nitrogen and oxygen atoms in total. The van der Waals surface area contributed by atoms with E-state index < -0.39 is 18.2 Å². The SMILES string of the molecule is CCCOCC(O)COc1ccc(-c2nc(Nc3ccc(C(=O)OCC)cc3)nc(-c3ccc(OCC(O)COCCC)cc3O)n2)c(O)c1. The van der Waals surface area contributed by atoms with Gasteiger partial charge in [-0.1, -0.05) is 13.8 Å². The largest absolute Gasteiger partial charge is 0.507 e. The summed E-state index contributed by atoms with van der Waals surface area (Å²) >= 11 is 0. The van der Waals surface area contributed by atoms with Gasteiger partial charge in [0.05, 0.1) is 36.5 Å². The van der Waals surface area contributed by atoms with Gasteiger partial charge in [-0.05, 0) is 68.3 Å². The fraction of sp³-hybridized carbons (Fsp3) is 0.389. The van der Waals surface area contributed by atoms with E-state index >= 15 is 0 Å². The number of aromatic nitrogens is 3. The van der Waals surface area contributed by atoms with Crippen molar-refractivity contribution < 1.29 is 48.9 Å². The summed E-state index contributed by atoms with van der Waals surface area (Å²) in [6.07, 6.45) is -0.0198. The Morgan fingerprint density at radius 1 is 0.700 bits per heavy atom. The smallest absolute Gasteiger partial charge is 0.338 e. The van der Waals surface area contributed by atoms with Gasteiger partial charge in [-0.2, -0.15) is 9.97 Å². The van der Waals surface area contributed by atoms with E-state index in [9.17, 15) is 25.2 Å². The number of phenolic OH excluding ortho intramolecular Hbond substituents is 2. The molecule has 0 amide bonds. The molecule has 0 bridgehead atoms. The lowest BCUT2D eigenvalue weighted by Gasteiger charge is -2.15. The van der Waals surface area contributed by atoms with Gasteiger partial charge in [0.2, 0.25) is 5.95 Å². The predicted octanol–water partition coefficient (Wildman–Crippen LogP) is 4.87. The van der Waals surface area contributed by atoms with Gasteiger partial charge in [0.15, 0.2) is 11.6 Å². The number of nitrogens with one attached hydrogen (secondary N) is 1. The highest BCUT2D eigenvalue weighted by atomic mass is 16.5. The van der Waals surface area contributed by atoms with Crippen LogP contribution in [-0.2, 0) is 14.2 Å². The zero-order valence-electron chi connectivity index (χ0n) is 28.4. The van der Waals surface area contributed by atoms with E-state index in [0.717, 1.165) is 12.8 Å². The summed E-state index contributed by atoms with van der Waals surface area (Å²) in [5.41, 5.74) is 1.40. The van der Waals surface area contributed by atoms with Gasteiger partial charge < -0.3 is 49.4 Å². The maximum absolute atomic E-state index is 12.1. The third kappa shape index (κ3) is 11.3. The Bertz CT molecular complexity index is 1580. The van der Waals surface area contributed by atoms with Crippen LogP contribution in [0, 0.1) is 0 Å². The number of aliphatic hydroxyl groups is 2. The van der Waals surface area contributed by atoms with Gasteiger partial charge in [-0.25, -0.2) is 9.78 Å². The molecule has 2 atom stereocenters. The van der Waals surface area contributed by atoms with Crippen molar-refractivity contribution >= 4 is 17.6 Å². The molecule has 0 saturated heterocycles. The van der Waals surface area contributed by atoms with Gasteiger partial charge in [0.1, 0.15) is 48.4 Å². The minimum Gasteiger partial charge on any atom is -0.507 e. The molecule has 4 rings (SSSR count). The second-order valence-electron chi connectivity index (χ2n) is 11.2. The number of aliphatic hydroxyl groups excluding tert-OH is 2. The summed E-state index contributed by atoms with van der Waals surface area (Å²) in [5.74, 6) is 0.00845. The quantitative estimate of drug-likeness (QED) is 0.0622. The highest BCUT2D eigenvalue weighted by molar-refractivity contribution is 5.89. The Morgan fingerprint density at radius 2 is 1.20 bits per heavy atom. The van der Waals surface area contributed by atoms with Crippen LogP contribution in [0.2, 0.25) is 0 Å². The number of benzene rings is 3. The molecule has 0 aliphatic carbocycles. The number of carbonyl (C=O) groups excluding carboxylic acids is 1. The van der Waals surface area contributed by atoms with Crippen LogP contribution in [0.25, 0.3) is 22.8 Å². The van der Waals surface area contributed by atoms with Gasteiger partial charge in [0.25, 0.3) is 0 Å². The van der Waals surface area contributed by atoms with Gasteiger partial charge >= 0.3 is 5.97 Å². The molecule has 268 valence electrons. The molecule has 0 fully saturated rings. The fourth-order valence-corrected chi connectivity index (χ4v) is 4.50. The topological polar surface area (TPSA) is 195 Å². The van der Waals surface area contributed by atoms with Crippen LogP contribution in [0.4, 0.5) is 11.6 Å². The number of hydrogen-bond donors (Lipinski definition) is 5. The maximum Gasteiger partial charge on any atom is 0.338 e. The van der Waals surface area contributed by atoms with E-state index in [2.05, 4.69) is 20.3 Å². The molecular weight excluding hydrogens is 648 g/mol. The van der Waals surface area contributed by atoms with E-state index in [0.29, 0.717) is 36.0 Å². The average Bonchev–Trinajstić information content (AvgIpc) is 3.10. The number of rotatable bonds is 20. The molecule has 0 saturated carbocycles. The Morgan fingerprint density at radius 3 is 1.64 bits per heavy atom.